The van der Waals surface area contributed by atoms with E-state index in [1.54, 1.807) is 23.5 Å². The summed E-state index contributed by atoms with van der Waals surface area (Å²) >= 11 is 1.76. The Hall–Kier alpha value is -1.48. The highest BCUT2D eigenvalue weighted by Crippen LogP contribution is 2.40. The number of unbranched alkanes of at least 4 members (excludes halogenated alkanes) is 5. The molecule has 0 aliphatic rings. The van der Waals surface area contributed by atoms with E-state index in [0.29, 0.717) is 5.92 Å². The van der Waals surface area contributed by atoms with Crippen LogP contribution in [-0.2, 0) is 6.42 Å². The number of benzene rings is 1. The maximum Gasteiger partial charge on any atom is 0.151 e. The summed E-state index contributed by atoms with van der Waals surface area (Å²) in [5, 5.41) is 0. The summed E-state index contributed by atoms with van der Waals surface area (Å²) < 4.78 is 13.3. The number of carbonyl (C=O) groups is 1. The third kappa shape index (κ3) is 5.24. The van der Waals surface area contributed by atoms with Crippen molar-refractivity contribution in [2.45, 2.75) is 71.6 Å². The molecule has 3 heteroatoms. The number of carbonyl (C=O) groups excluding carboxylic acids is 1. The third-order valence-corrected chi connectivity index (χ3v) is 6.15. The van der Waals surface area contributed by atoms with E-state index >= 15 is 0 Å². The number of thiophene rings is 1. The Balaban J connectivity index is 2.24. The molecule has 0 amide bonds. The monoisotopic (exact) mass is 360 g/mol. The van der Waals surface area contributed by atoms with Gasteiger partial charge in [0.05, 0.1) is 0 Å². The topological polar surface area (TPSA) is 17.1 Å². The van der Waals surface area contributed by atoms with Gasteiger partial charge in [0, 0.05) is 20.9 Å². The molecule has 1 heterocycles. The second-order valence-corrected chi connectivity index (χ2v) is 8.11. The summed E-state index contributed by atoms with van der Waals surface area (Å²) in [6, 6.07) is 6.54. The first-order valence-corrected chi connectivity index (χ1v) is 10.3. The van der Waals surface area contributed by atoms with E-state index in [-0.39, 0.29) is 5.82 Å². The zero-order chi connectivity index (χ0) is 18.2. The SMILES string of the molecule is CCCCCCCCc1sc(C(C)C)c(C=O)c1-c1ccc(F)cc1. The summed E-state index contributed by atoms with van der Waals surface area (Å²) in [4.78, 5) is 14.2. The molecule has 0 saturated carbocycles. The second kappa shape index (κ2) is 9.86. The maximum absolute atomic E-state index is 13.3. The minimum atomic E-state index is -0.242. The van der Waals surface area contributed by atoms with Crippen molar-refractivity contribution >= 4 is 17.6 Å². The van der Waals surface area contributed by atoms with E-state index in [2.05, 4.69) is 20.8 Å². The lowest BCUT2D eigenvalue weighted by molar-refractivity contribution is 0.112. The lowest BCUT2D eigenvalue weighted by Crippen LogP contribution is -1.93. The lowest BCUT2D eigenvalue weighted by Gasteiger charge is -2.07. The van der Waals surface area contributed by atoms with E-state index in [1.165, 1.54) is 49.1 Å². The molecule has 25 heavy (non-hydrogen) atoms. The van der Waals surface area contributed by atoms with Crippen LogP contribution in [0.3, 0.4) is 0 Å². The molecule has 0 N–H and O–H groups in total. The Morgan fingerprint density at radius 1 is 1.04 bits per heavy atom. The van der Waals surface area contributed by atoms with Crippen LogP contribution in [0, 0.1) is 5.82 Å². The molecule has 0 saturated heterocycles. The molecule has 1 aromatic heterocycles. The fraction of sp³-hybridized carbons (Fsp3) is 0.500. The fourth-order valence-corrected chi connectivity index (χ4v) is 4.57. The maximum atomic E-state index is 13.3. The first-order chi connectivity index (χ1) is 12.1. The largest absolute Gasteiger partial charge is 0.298 e. The van der Waals surface area contributed by atoms with Crippen LogP contribution in [-0.4, -0.2) is 6.29 Å². The van der Waals surface area contributed by atoms with Crippen LogP contribution in [0.4, 0.5) is 4.39 Å². The second-order valence-electron chi connectivity index (χ2n) is 6.98. The predicted molar refractivity (Wildman–Crippen MR) is 106 cm³/mol. The first kappa shape index (κ1) is 19.8. The standard InChI is InChI=1S/C22H29FOS/c1-4-5-6-7-8-9-10-20-21(17-11-13-18(23)14-12-17)19(15-24)22(25-20)16(2)3/h11-16H,4-10H2,1-3H3. The van der Waals surface area contributed by atoms with Crippen molar-refractivity contribution in [3.05, 3.63) is 45.4 Å². The van der Waals surface area contributed by atoms with Crippen molar-refractivity contribution in [2.75, 3.05) is 0 Å². The highest BCUT2D eigenvalue weighted by Gasteiger charge is 2.20. The van der Waals surface area contributed by atoms with Crippen LogP contribution in [0.25, 0.3) is 11.1 Å². The van der Waals surface area contributed by atoms with Crippen LogP contribution in [0.15, 0.2) is 24.3 Å². The van der Waals surface area contributed by atoms with Gasteiger partial charge in [-0.15, -0.1) is 11.3 Å². The summed E-state index contributed by atoms with van der Waals surface area (Å²) in [5.74, 6) is 0.0795. The molecule has 0 aliphatic carbocycles. The smallest absolute Gasteiger partial charge is 0.151 e. The normalized spacial score (nSPS) is 11.2. The van der Waals surface area contributed by atoms with Gasteiger partial charge in [-0.1, -0.05) is 65.0 Å². The molecule has 136 valence electrons. The Bertz CT molecular complexity index is 670. The summed E-state index contributed by atoms with van der Waals surface area (Å²) in [6.07, 6.45) is 9.52. The fourth-order valence-electron chi connectivity index (χ4n) is 3.23. The summed E-state index contributed by atoms with van der Waals surface area (Å²) in [7, 11) is 0. The molecule has 2 rings (SSSR count). The first-order valence-electron chi connectivity index (χ1n) is 9.45. The Morgan fingerprint density at radius 2 is 1.68 bits per heavy atom. The van der Waals surface area contributed by atoms with Crippen molar-refractivity contribution in [3.63, 3.8) is 0 Å². The van der Waals surface area contributed by atoms with Gasteiger partial charge < -0.3 is 0 Å². The van der Waals surface area contributed by atoms with Gasteiger partial charge in [-0.05, 0) is 36.5 Å². The van der Waals surface area contributed by atoms with Crippen LogP contribution >= 0.6 is 11.3 Å². The van der Waals surface area contributed by atoms with Crippen LogP contribution in [0.5, 0.6) is 0 Å². The summed E-state index contributed by atoms with van der Waals surface area (Å²) in [5.41, 5.74) is 2.78. The van der Waals surface area contributed by atoms with Gasteiger partial charge in [-0.3, -0.25) is 4.79 Å². The molecule has 0 unspecified atom stereocenters. The number of aryl methyl sites for hydroxylation is 1. The van der Waals surface area contributed by atoms with Crippen molar-refractivity contribution < 1.29 is 9.18 Å². The van der Waals surface area contributed by atoms with Gasteiger partial charge in [0.1, 0.15) is 5.82 Å². The molecule has 0 atom stereocenters. The highest BCUT2D eigenvalue weighted by atomic mass is 32.1. The minimum Gasteiger partial charge on any atom is -0.298 e. The van der Waals surface area contributed by atoms with Crippen LogP contribution in [0.1, 0.15) is 85.3 Å². The molecule has 0 aliphatic heterocycles. The van der Waals surface area contributed by atoms with Gasteiger partial charge in [-0.2, -0.15) is 0 Å². The van der Waals surface area contributed by atoms with Crippen molar-refractivity contribution in [2.24, 2.45) is 0 Å². The average Bonchev–Trinajstić information content (AvgIpc) is 2.97. The number of hydrogen-bond acceptors (Lipinski definition) is 2. The number of rotatable bonds is 10. The minimum absolute atomic E-state index is 0.242. The molecule has 0 radical (unpaired) electrons. The number of halogens is 1. The van der Waals surface area contributed by atoms with Gasteiger partial charge in [0.15, 0.2) is 6.29 Å². The van der Waals surface area contributed by atoms with E-state index in [1.807, 2.05) is 0 Å². The molecule has 2 aromatic rings. The number of aldehydes is 1. The van der Waals surface area contributed by atoms with E-state index < -0.39 is 0 Å². The molecule has 0 spiro atoms. The van der Waals surface area contributed by atoms with Crippen molar-refractivity contribution in [1.82, 2.24) is 0 Å². The summed E-state index contributed by atoms with van der Waals surface area (Å²) in [6.45, 7) is 6.48. The van der Waals surface area contributed by atoms with E-state index in [0.717, 1.165) is 40.7 Å². The molecule has 1 aromatic carbocycles. The Morgan fingerprint density at radius 3 is 2.28 bits per heavy atom. The quantitative estimate of drug-likeness (QED) is 0.319. The van der Waals surface area contributed by atoms with Gasteiger partial charge >= 0.3 is 0 Å². The highest BCUT2D eigenvalue weighted by molar-refractivity contribution is 7.13. The Kier molecular flexibility index (Phi) is 7.83. The van der Waals surface area contributed by atoms with Gasteiger partial charge in [0.2, 0.25) is 0 Å². The van der Waals surface area contributed by atoms with Crippen molar-refractivity contribution in [3.8, 4) is 11.1 Å². The third-order valence-electron chi connectivity index (χ3n) is 4.58. The zero-order valence-electron chi connectivity index (χ0n) is 15.6. The van der Waals surface area contributed by atoms with E-state index in [4.69, 9.17) is 0 Å². The molecular formula is C22H29FOS. The average molecular weight is 361 g/mol. The van der Waals surface area contributed by atoms with E-state index in [9.17, 15) is 9.18 Å². The zero-order valence-corrected chi connectivity index (χ0v) is 16.4. The van der Waals surface area contributed by atoms with Crippen LogP contribution < -0.4 is 0 Å². The predicted octanol–water partition coefficient (Wildman–Crippen LogP) is 7.39. The van der Waals surface area contributed by atoms with Gasteiger partial charge in [0.25, 0.3) is 0 Å². The molecule has 1 nitrogen and oxygen atoms in total. The van der Waals surface area contributed by atoms with Gasteiger partial charge in [-0.25, -0.2) is 4.39 Å². The molecular weight excluding hydrogens is 331 g/mol. The Labute approximate surface area is 155 Å². The molecule has 0 bridgehead atoms. The van der Waals surface area contributed by atoms with Crippen LogP contribution in [0.2, 0.25) is 0 Å². The molecule has 0 fully saturated rings. The van der Waals surface area contributed by atoms with Crippen molar-refractivity contribution in [1.29, 1.82) is 0 Å². The number of hydrogen-bond donors (Lipinski definition) is 0. The lowest BCUT2D eigenvalue weighted by atomic mass is 9.96.